The van der Waals surface area contributed by atoms with Gasteiger partial charge in [0, 0.05) is 82.0 Å². The number of fused-ring (bicyclic) bond motifs is 1. The summed E-state index contributed by atoms with van der Waals surface area (Å²) in [5, 5.41) is 19.2. The van der Waals surface area contributed by atoms with Gasteiger partial charge in [-0.15, -0.1) is 17.0 Å². The molecule has 3 aliphatic heterocycles. The maximum absolute atomic E-state index is 14.2. The summed E-state index contributed by atoms with van der Waals surface area (Å²) in [7, 11) is 0. The summed E-state index contributed by atoms with van der Waals surface area (Å²) in [5.41, 5.74) is 9.38. The average molecular weight is 951 g/mol. The molecule has 3 aromatic rings. The van der Waals surface area contributed by atoms with Gasteiger partial charge >= 0.3 is 12.1 Å². The Kier molecular flexibility index (Phi) is 15.2. The van der Waals surface area contributed by atoms with Crippen LogP contribution in [-0.2, 0) is 22.6 Å². The molecular weight excluding hydrogens is 902 g/mol. The molecule has 0 bridgehead atoms. The Morgan fingerprint density at radius 3 is 2.25 bits per heavy atom. The molecule has 0 aliphatic carbocycles. The maximum Gasteiger partial charge on any atom is 0.322 e. The summed E-state index contributed by atoms with van der Waals surface area (Å²) >= 11 is 6.74. The van der Waals surface area contributed by atoms with Crippen molar-refractivity contribution in [2.45, 2.75) is 63.2 Å². The van der Waals surface area contributed by atoms with Gasteiger partial charge in [-0.2, -0.15) is 0 Å². The maximum atomic E-state index is 14.2. The Morgan fingerprint density at radius 1 is 0.909 bits per heavy atom. The average Bonchev–Trinajstić information content (AvgIpc) is 3.19. The van der Waals surface area contributed by atoms with Gasteiger partial charge < -0.3 is 46.4 Å². The molecular formula is C38H48Br3N9O5. The van der Waals surface area contributed by atoms with E-state index in [0.29, 0.717) is 99.0 Å². The van der Waals surface area contributed by atoms with E-state index in [1.807, 2.05) is 41.3 Å². The van der Waals surface area contributed by atoms with Crippen LogP contribution in [0.15, 0.2) is 69.9 Å². The first kappa shape index (κ1) is 42.2. The highest BCUT2D eigenvalue weighted by atomic mass is 79.9. The van der Waals surface area contributed by atoms with Gasteiger partial charge in [0.25, 0.3) is 0 Å². The molecule has 2 saturated heterocycles. The number of anilines is 2. The number of halogens is 3. The van der Waals surface area contributed by atoms with Gasteiger partial charge in [0.2, 0.25) is 11.8 Å². The molecule has 55 heavy (non-hydrogen) atoms. The summed E-state index contributed by atoms with van der Waals surface area (Å²) in [4.78, 5) is 66.5. The van der Waals surface area contributed by atoms with Crippen molar-refractivity contribution in [3.05, 3.63) is 81.0 Å². The fraction of sp³-hybridized carbons (Fsp3) is 0.447. The number of aromatic nitrogens is 1. The third-order valence-electron chi connectivity index (χ3n) is 10.4. The second-order valence-corrected chi connectivity index (χ2v) is 15.6. The smallest absolute Gasteiger partial charge is 0.322 e. The molecule has 296 valence electrons. The molecule has 3 aliphatic rings. The monoisotopic (exact) mass is 947 g/mol. The van der Waals surface area contributed by atoms with Gasteiger partial charge in [-0.05, 0) is 112 Å². The lowest BCUT2D eigenvalue weighted by Gasteiger charge is -2.40. The topological polar surface area (TPSA) is 176 Å². The minimum absolute atomic E-state index is 0. The van der Waals surface area contributed by atoms with Crippen molar-refractivity contribution in [1.29, 1.82) is 0 Å². The van der Waals surface area contributed by atoms with Crippen LogP contribution in [0.25, 0.3) is 0 Å². The lowest BCUT2D eigenvalue weighted by atomic mass is 10.0. The number of carbonyl (C=O) groups excluding carboxylic acids is 4. The van der Waals surface area contributed by atoms with Crippen molar-refractivity contribution in [3.63, 3.8) is 0 Å². The molecule has 14 nitrogen and oxygen atoms in total. The van der Waals surface area contributed by atoms with E-state index in [0.717, 1.165) is 16.9 Å². The third-order valence-corrected chi connectivity index (χ3v) is 11.6. The van der Waals surface area contributed by atoms with E-state index in [4.69, 9.17) is 5.73 Å². The summed E-state index contributed by atoms with van der Waals surface area (Å²) in [6.07, 6.45) is 6.53. The number of rotatable bonds is 12. The Labute approximate surface area is 348 Å². The molecule has 4 heterocycles. The molecule has 2 fully saturated rings. The Balaban J connectivity index is 0.00000580. The molecule has 2 aromatic carbocycles. The van der Waals surface area contributed by atoms with Crippen molar-refractivity contribution >= 4 is 84.1 Å². The number of para-hydroxylation sites is 1. The zero-order valence-corrected chi connectivity index (χ0v) is 35.3. The van der Waals surface area contributed by atoms with Crippen molar-refractivity contribution in [2.75, 3.05) is 56.0 Å². The molecule has 6 N–H and O–H groups in total. The minimum atomic E-state index is -1.03. The molecule has 6 rings (SSSR count). The lowest BCUT2D eigenvalue weighted by Crippen LogP contribution is -2.59. The standard InChI is InChI=1S/C38H47Br2N9O5.BrH/c39-29-21-25(22-30(40)34(29)50)23-33(45-37(53)48-15-10-28(11-16-48)49-24-26-5-1-2-6-31(26)44-38(49)54)35(51)43-32(7-3-4-12-41)36(52)47-19-17-46(18-20-47)27-8-13-42-14-9-27;/h1-2,5-6,8-9,13-14,21-22,28,32-33,50H,3-4,7,10-12,15-20,23-24,41H2,(H,43,51)(H,44,54)(H,45,53);1H/t32-,33+;/m0./s1. The summed E-state index contributed by atoms with van der Waals surface area (Å²) in [6, 6.07) is 12.6. The highest BCUT2D eigenvalue weighted by Gasteiger charge is 2.35. The van der Waals surface area contributed by atoms with Gasteiger partial charge in [-0.1, -0.05) is 18.2 Å². The number of nitrogens with zero attached hydrogens (tertiary/aromatic N) is 5. The number of urea groups is 2. The van der Waals surface area contributed by atoms with E-state index >= 15 is 0 Å². The van der Waals surface area contributed by atoms with E-state index in [1.54, 1.807) is 34.3 Å². The van der Waals surface area contributed by atoms with E-state index in [2.05, 4.69) is 57.7 Å². The molecule has 0 spiro atoms. The van der Waals surface area contributed by atoms with E-state index in [-0.39, 0.29) is 47.1 Å². The lowest BCUT2D eigenvalue weighted by molar-refractivity contribution is -0.137. The number of pyridine rings is 1. The minimum Gasteiger partial charge on any atom is -0.506 e. The van der Waals surface area contributed by atoms with Crippen LogP contribution in [0.5, 0.6) is 5.75 Å². The number of phenols is 1. The predicted molar refractivity (Wildman–Crippen MR) is 223 cm³/mol. The number of nitrogens with one attached hydrogen (secondary N) is 3. The van der Waals surface area contributed by atoms with E-state index in [1.165, 1.54) is 0 Å². The van der Waals surface area contributed by atoms with Crippen LogP contribution in [0.3, 0.4) is 0 Å². The molecule has 0 radical (unpaired) electrons. The molecule has 0 saturated carbocycles. The number of hydrogen-bond donors (Lipinski definition) is 5. The number of piperidine rings is 1. The number of piperazine rings is 1. The number of unbranched alkanes of at least 4 members (excludes halogenated alkanes) is 1. The Morgan fingerprint density at radius 2 is 1.58 bits per heavy atom. The predicted octanol–water partition coefficient (Wildman–Crippen LogP) is 4.99. The van der Waals surface area contributed by atoms with Crippen LogP contribution in [0, 0.1) is 0 Å². The molecule has 0 unspecified atom stereocenters. The number of aromatic hydroxyl groups is 1. The van der Waals surface area contributed by atoms with E-state index < -0.39 is 24.0 Å². The zero-order chi connectivity index (χ0) is 38.2. The van der Waals surface area contributed by atoms with Crippen molar-refractivity contribution < 1.29 is 24.3 Å². The highest BCUT2D eigenvalue weighted by Crippen LogP contribution is 2.34. The number of likely N-dealkylation sites (tertiary alicyclic amines) is 1. The van der Waals surface area contributed by atoms with Crippen molar-refractivity contribution in [3.8, 4) is 5.75 Å². The number of carbonyl (C=O) groups is 4. The molecule has 6 amide bonds. The van der Waals surface area contributed by atoms with Gasteiger partial charge in [-0.25, -0.2) is 9.59 Å². The fourth-order valence-electron chi connectivity index (χ4n) is 7.30. The van der Waals surface area contributed by atoms with Crippen molar-refractivity contribution in [1.82, 2.24) is 30.3 Å². The largest absolute Gasteiger partial charge is 0.506 e. The number of hydrogen-bond acceptors (Lipinski definition) is 8. The summed E-state index contributed by atoms with van der Waals surface area (Å²) in [6.45, 7) is 4.07. The summed E-state index contributed by atoms with van der Waals surface area (Å²) < 4.78 is 0.870. The summed E-state index contributed by atoms with van der Waals surface area (Å²) in [5.74, 6) is -0.628. The SMILES string of the molecule is Br.NCCCC[C@H](NC(=O)[C@@H](Cc1cc(Br)c(O)c(Br)c1)NC(=O)N1CCC(N2Cc3ccccc3NC2=O)CC1)C(=O)N1CCN(c2ccncc2)CC1. The van der Waals surface area contributed by atoms with Gasteiger partial charge in [0.05, 0.1) is 8.95 Å². The molecule has 17 heteroatoms. The Hall–Kier alpha value is -3.93. The number of nitrogens with two attached hydrogens (primary N) is 1. The van der Waals surface area contributed by atoms with Crippen LogP contribution in [0.2, 0.25) is 0 Å². The van der Waals surface area contributed by atoms with Crippen LogP contribution < -0.4 is 26.6 Å². The number of benzene rings is 2. The highest BCUT2D eigenvalue weighted by molar-refractivity contribution is 9.11. The van der Waals surface area contributed by atoms with Crippen LogP contribution in [0.1, 0.15) is 43.2 Å². The third kappa shape index (κ3) is 10.7. The first-order valence-electron chi connectivity index (χ1n) is 18.4. The Bertz CT molecular complexity index is 1780. The molecule has 2 atom stereocenters. The van der Waals surface area contributed by atoms with Gasteiger partial charge in [0.1, 0.15) is 17.8 Å². The van der Waals surface area contributed by atoms with E-state index in [9.17, 15) is 24.3 Å². The van der Waals surface area contributed by atoms with Gasteiger partial charge in [0.15, 0.2) is 0 Å². The number of amides is 6. The quantitative estimate of drug-likeness (QED) is 0.158. The first-order chi connectivity index (χ1) is 26.1. The van der Waals surface area contributed by atoms with Crippen LogP contribution in [-0.4, -0.2) is 113 Å². The van der Waals surface area contributed by atoms with Crippen LogP contribution >= 0.6 is 48.8 Å². The molecule has 1 aromatic heterocycles. The second-order valence-electron chi connectivity index (χ2n) is 13.9. The van der Waals surface area contributed by atoms with Crippen molar-refractivity contribution in [2.24, 2.45) is 5.73 Å². The second kappa shape index (κ2) is 19.8. The number of phenolic OH excluding ortho intramolecular Hbond substituents is 1. The van der Waals surface area contributed by atoms with Crippen LogP contribution in [0.4, 0.5) is 21.0 Å². The first-order valence-corrected chi connectivity index (χ1v) is 20.0. The van der Waals surface area contributed by atoms with Gasteiger partial charge in [-0.3, -0.25) is 14.6 Å². The zero-order valence-electron chi connectivity index (χ0n) is 30.5. The normalized spacial score (nSPS) is 17.0. The fourth-order valence-corrected chi connectivity index (χ4v) is 8.58.